The van der Waals surface area contributed by atoms with Crippen molar-refractivity contribution in [1.82, 2.24) is 0 Å². The van der Waals surface area contributed by atoms with Gasteiger partial charge in [-0.05, 0) is 43.7 Å². The summed E-state index contributed by atoms with van der Waals surface area (Å²) in [5, 5.41) is 18.6. The molecule has 7 heteroatoms. The van der Waals surface area contributed by atoms with Gasteiger partial charge >= 0.3 is 11.9 Å². The Labute approximate surface area is 180 Å². The number of benzene rings is 2. The van der Waals surface area contributed by atoms with E-state index in [0.29, 0.717) is 17.7 Å². The molecule has 1 atom stereocenters. The molecule has 0 saturated carbocycles. The van der Waals surface area contributed by atoms with Gasteiger partial charge in [-0.25, -0.2) is 4.79 Å². The molecule has 0 saturated heterocycles. The number of hydrogen-bond acceptors (Lipinski definition) is 6. The van der Waals surface area contributed by atoms with Crippen molar-refractivity contribution < 1.29 is 34.1 Å². The zero-order chi connectivity index (χ0) is 23.0. The Hall–Kier alpha value is -3.45. The Bertz CT molecular complexity index is 925. The first-order chi connectivity index (χ1) is 14.6. The highest BCUT2D eigenvalue weighted by Crippen LogP contribution is 2.19. The molecule has 0 radical (unpaired) electrons. The van der Waals surface area contributed by atoms with E-state index in [4.69, 9.17) is 14.6 Å². The number of esters is 1. The largest absolute Gasteiger partial charge is 0.487 e. The van der Waals surface area contributed by atoms with Gasteiger partial charge in [0.15, 0.2) is 5.78 Å². The number of rotatable bonds is 11. The highest BCUT2D eigenvalue weighted by atomic mass is 16.6. The van der Waals surface area contributed by atoms with Crippen molar-refractivity contribution >= 4 is 17.7 Å². The summed E-state index contributed by atoms with van der Waals surface area (Å²) in [6.45, 7) is 6.16. The normalized spacial score (nSPS) is 12.0. The van der Waals surface area contributed by atoms with Gasteiger partial charge in [0.05, 0.1) is 6.42 Å². The van der Waals surface area contributed by atoms with Crippen molar-refractivity contribution in [1.29, 1.82) is 0 Å². The first-order valence-corrected chi connectivity index (χ1v) is 9.70. The van der Waals surface area contributed by atoms with E-state index in [0.717, 1.165) is 5.56 Å². The van der Waals surface area contributed by atoms with Crippen LogP contribution in [-0.4, -0.2) is 46.2 Å². The van der Waals surface area contributed by atoms with Crippen LogP contribution in [0.5, 0.6) is 5.75 Å². The number of carbonyl (C=O) groups excluding carboxylic acids is 2. The van der Waals surface area contributed by atoms with Crippen molar-refractivity contribution in [2.75, 3.05) is 6.61 Å². The van der Waals surface area contributed by atoms with Gasteiger partial charge < -0.3 is 19.7 Å². The standard InChI is InChI=1S/C24H26O7/c1-16(13-21(25)26)23(28)30-15-20(14-17-7-5-4-6-8-17)31-19-11-9-18(10-12-19)22(27)24(2,3)29/h4-12,20,29H,1,13-15H2,2-3H3,(H,25,26). The fourth-order valence-electron chi connectivity index (χ4n) is 2.77. The lowest BCUT2D eigenvalue weighted by molar-refractivity contribution is -0.144. The number of carboxylic acid groups (broad SMARTS) is 1. The summed E-state index contributed by atoms with van der Waals surface area (Å²) in [5.74, 6) is -1.92. The maximum atomic E-state index is 12.2. The summed E-state index contributed by atoms with van der Waals surface area (Å²) in [6.07, 6.45) is -0.622. The fourth-order valence-corrected chi connectivity index (χ4v) is 2.77. The lowest BCUT2D eigenvalue weighted by Crippen LogP contribution is -2.31. The average molecular weight is 426 g/mol. The fraction of sp³-hybridized carbons (Fsp3) is 0.292. The van der Waals surface area contributed by atoms with Gasteiger partial charge in [0, 0.05) is 17.6 Å². The van der Waals surface area contributed by atoms with Crippen molar-refractivity contribution in [2.24, 2.45) is 0 Å². The molecule has 0 amide bonds. The Morgan fingerprint density at radius 1 is 1.03 bits per heavy atom. The second kappa shape index (κ2) is 10.5. The summed E-state index contributed by atoms with van der Waals surface area (Å²) in [7, 11) is 0. The molecule has 2 rings (SSSR count). The van der Waals surface area contributed by atoms with Crippen LogP contribution in [0.3, 0.4) is 0 Å². The minimum absolute atomic E-state index is 0.114. The molecule has 0 aliphatic rings. The van der Waals surface area contributed by atoms with Gasteiger partial charge in [0.25, 0.3) is 0 Å². The van der Waals surface area contributed by atoms with Gasteiger partial charge in [-0.15, -0.1) is 0 Å². The SMILES string of the molecule is C=C(CC(=O)O)C(=O)OCC(Cc1ccccc1)Oc1ccc(C(=O)C(C)(C)O)cc1. The predicted molar refractivity (Wildman–Crippen MR) is 114 cm³/mol. The third-order valence-electron chi connectivity index (χ3n) is 4.33. The molecule has 164 valence electrons. The van der Waals surface area contributed by atoms with E-state index in [1.807, 2.05) is 30.3 Å². The monoisotopic (exact) mass is 426 g/mol. The molecule has 31 heavy (non-hydrogen) atoms. The second-order valence-electron chi connectivity index (χ2n) is 7.61. The van der Waals surface area contributed by atoms with Crippen molar-refractivity contribution in [3.05, 3.63) is 77.9 Å². The van der Waals surface area contributed by atoms with Crippen LogP contribution in [-0.2, 0) is 20.7 Å². The van der Waals surface area contributed by atoms with Crippen LogP contribution >= 0.6 is 0 Å². The Morgan fingerprint density at radius 3 is 2.19 bits per heavy atom. The van der Waals surface area contributed by atoms with Crippen LogP contribution in [0.25, 0.3) is 0 Å². The van der Waals surface area contributed by atoms with Crippen LogP contribution in [0.2, 0.25) is 0 Å². The highest BCUT2D eigenvalue weighted by Gasteiger charge is 2.25. The molecular formula is C24H26O7. The molecule has 0 aromatic heterocycles. The molecular weight excluding hydrogens is 400 g/mol. The molecule has 2 aromatic rings. The molecule has 0 aliphatic heterocycles. The van der Waals surface area contributed by atoms with Crippen LogP contribution in [0.1, 0.15) is 36.2 Å². The number of ether oxygens (including phenoxy) is 2. The molecule has 0 fully saturated rings. The zero-order valence-electron chi connectivity index (χ0n) is 17.5. The average Bonchev–Trinajstić information content (AvgIpc) is 2.71. The summed E-state index contributed by atoms with van der Waals surface area (Å²) in [5.41, 5.74) is -0.330. The second-order valence-corrected chi connectivity index (χ2v) is 7.61. The van der Waals surface area contributed by atoms with Crippen LogP contribution in [0, 0.1) is 0 Å². The lowest BCUT2D eigenvalue weighted by Gasteiger charge is -2.20. The van der Waals surface area contributed by atoms with Gasteiger partial charge in [0.2, 0.25) is 0 Å². The van der Waals surface area contributed by atoms with Gasteiger partial charge in [-0.1, -0.05) is 36.9 Å². The van der Waals surface area contributed by atoms with Crippen LogP contribution in [0.4, 0.5) is 0 Å². The number of hydrogen-bond donors (Lipinski definition) is 2. The van der Waals surface area contributed by atoms with E-state index in [1.54, 1.807) is 24.3 Å². The summed E-state index contributed by atoms with van der Waals surface area (Å²) >= 11 is 0. The van der Waals surface area contributed by atoms with E-state index in [2.05, 4.69) is 6.58 Å². The predicted octanol–water partition coefficient (Wildman–Crippen LogP) is 3.20. The quantitative estimate of drug-likeness (QED) is 0.322. The van der Waals surface area contributed by atoms with E-state index < -0.39 is 35.8 Å². The minimum atomic E-state index is -1.48. The molecule has 1 unspecified atom stereocenters. The van der Waals surface area contributed by atoms with Crippen molar-refractivity contribution in [3.63, 3.8) is 0 Å². The number of carbonyl (C=O) groups is 3. The van der Waals surface area contributed by atoms with Crippen molar-refractivity contribution in [2.45, 2.75) is 38.4 Å². The van der Waals surface area contributed by atoms with Gasteiger partial charge in [0.1, 0.15) is 24.1 Å². The number of carboxylic acids is 1. The molecule has 2 aromatic carbocycles. The number of ketones is 1. The van der Waals surface area contributed by atoms with Gasteiger partial charge in [-0.2, -0.15) is 0 Å². The minimum Gasteiger partial charge on any atom is -0.487 e. The molecule has 0 aliphatic carbocycles. The molecule has 2 N–H and O–H groups in total. The first-order valence-electron chi connectivity index (χ1n) is 9.70. The van der Waals surface area contributed by atoms with Gasteiger partial charge in [-0.3, -0.25) is 9.59 Å². The van der Waals surface area contributed by atoms with Crippen LogP contribution in [0.15, 0.2) is 66.7 Å². The summed E-state index contributed by atoms with van der Waals surface area (Å²) < 4.78 is 11.2. The maximum Gasteiger partial charge on any atom is 0.334 e. The Morgan fingerprint density at radius 2 is 1.65 bits per heavy atom. The Kier molecular flexibility index (Phi) is 8.10. The highest BCUT2D eigenvalue weighted by molar-refractivity contribution is 6.01. The van der Waals surface area contributed by atoms with E-state index >= 15 is 0 Å². The molecule has 0 spiro atoms. The first kappa shape index (κ1) is 23.8. The molecule has 0 bridgehead atoms. The van der Waals surface area contributed by atoms with Crippen LogP contribution < -0.4 is 4.74 Å². The smallest absolute Gasteiger partial charge is 0.334 e. The number of Topliss-reactive ketones (excluding diaryl/α,β-unsaturated/α-hetero) is 1. The van der Waals surface area contributed by atoms with E-state index in [1.165, 1.54) is 13.8 Å². The maximum absolute atomic E-state index is 12.2. The topological polar surface area (TPSA) is 110 Å². The Balaban J connectivity index is 2.09. The third-order valence-corrected chi connectivity index (χ3v) is 4.33. The number of aliphatic carboxylic acids is 1. The summed E-state index contributed by atoms with van der Waals surface area (Å²) in [6, 6.07) is 15.8. The van der Waals surface area contributed by atoms with E-state index in [9.17, 15) is 19.5 Å². The van der Waals surface area contributed by atoms with E-state index in [-0.39, 0.29) is 12.2 Å². The number of aliphatic hydroxyl groups is 1. The third kappa shape index (κ3) is 7.71. The molecule has 0 heterocycles. The molecule has 7 nitrogen and oxygen atoms in total. The lowest BCUT2D eigenvalue weighted by atomic mass is 9.97. The summed E-state index contributed by atoms with van der Waals surface area (Å²) in [4.78, 5) is 34.9. The van der Waals surface area contributed by atoms with Crippen molar-refractivity contribution in [3.8, 4) is 5.75 Å². The zero-order valence-corrected chi connectivity index (χ0v) is 17.5.